The number of nitrogens with one attached hydrogen (secondary N) is 1. The summed E-state index contributed by atoms with van der Waals surface area (Å²) in [7, 11) is 0. The van der Waals surface area contributed by atoms with Crippen molar-refractivity contribution in [3.05, 3.63) is 48.4 Å². The molecule has 2 aromatic rings. The van der Waals surface area contributed by atoms with E-state index in [-0.39, 0.29) is 43.1 Å². The van der Waals surface area contributed by atoms with E-state index < -0.39 is 0 Å². The molecule has 0 aromatic carbocycles. The van der Waals surface area contributed by atoms with Crippen LogP contribution in [-0.4, -0.2) is 39.3 Å². The normalized spacial score (nSPS) is 12.0. The maximum absolute atomic E-state index is 12.7. The Labute approximate surface area is 147 Å². The van der Waals surface area contributed by atoms with Crippen LogP contribution in [-0.2, 0) is 11.3 Å². The average Bonchev–Trinajstić information content (AvgIpc) is 3.11. The third-order valence-corrected chi connectivity index (χ3v) is 3.99. The fourth-order valence-electron chi connectivity index (χ4n) is 2.14. The Balaban J connectivity index is 2.02. The maximum Gasteiger partial charge on any atom is 0.274 e. The van der Waals surface area contributed by atoms with Gasteiger partial charge in [0.15, 0.2) is 0 Å². The predicted molar refractivity (Wildman–Crippen MR) is 92.5 cm³/mol. The summed E-state index contributed by atoms with van der Waals surface area (Å²) < 4.78 is 5.32. The first-order valence-electron chi connectivity index (χ1n) is 8.34. The summed E-state index contributed by atoms with van der Waals surface area (Å²) in [5.74, 6) is 0.629. The first-order chi connectivity index (χ1) is 12.0. The number of furan rings is 1. The molecule has 2 aromatic heterocycles. The highest BCUT2D eigenvalue weighted by Gasteiger charge is 2.20. The van der Waals surface area contributed by atoms with Gasteiger partial charge in [-0.25, -0.2) is 4.98 Å². The number of amides is 2. The molecule has 25 heavy (non-hydrogen) atoms. The van der Waals surface area contributed by atoms with Crippen molar-refractivity contribution in [2.75, 3.05) is 6.54 Å². The zero-order valence-electron chi connectivity index (χ0n) is 14.8. The third-order valence-electron chi connectivity index (χ3n) is 3.99. The van der Waals surface area contributed by atoms with Gasteiger partial charge < -0.3 is 14.6 Å². The molecule has 0 radical (unpaired) electrons. The number of carbonyl (C=O) groups is 2. The molecule has 2 rings (SSSR count). The van der Waals surface area contributed by atoms with E-state index in [9.17, 15) is 9.59 Å². The van der Waals surface area contributed by atoms with Gasteiger partial charge in [-0.2, -0.15) is 0 Å². The molecule has 2 amide bonds. The molecule has 1 atom stereocenters. The number of hydrogen-bond acceptors (Lipinski definition) is 5. The second kappa shape index (κ2) is 8.96. The Morgan fingerprint density at radius 2 is 2.08 bits per heavy atom. The van der Waals surface area contributed by atoms with Crippen molar-refractivity contribution in [2.24, 2.45) is 5.92 Å². The van der Waals surface area contributed by atoms with Gasteiger partial charge in [0.2, 0.25) is 5.91 Å². The van der Waals surface area contributed by atoms with Gasteiger partial charge >= 0.3 is 0 Å². The second-order valence-corrected chi connectivity index (χ2v) is 6.25. The Morgan fingerprint density at radius 1 is 1.28 bits per heavy atom. The van der Waals surface area contributed by atoms with Gasteiger partial charge in [0.1, 0.15) is 11.5 Å². The molecule has 0 fully saturated rings. The molecule has 0 aliphatic carbocycles. The van der Waals surface area contributed by atoms with Crippen LogP contribution in [0.1, 0.15) is 43.4 Å². The van der Waals surface area contributed by atoms with Gasteiger partial charge in [-0.15, -0.1) is 0 Å². The quantitative estimate of drug-likeness (QED) is 0.793. The molecule has 0 spiro atoms. The number of aromatic nitrogens is 2. The summed E-state index contributed by atoms with van der Waals surface area (Å²) in [5.41, 5.74) is 0.241. The summed E-state index contributed by atoms with van der Waals surface area (Å²) in [5, 5.41) is 2.94. The second-order valence-electron chi connectivity index (χ2n) is 6.25. The van der Waals surface area contributed by atoms with Crippen molar-refractivity contribution in [1.82, 2.24) is 20.2 Å². The van der Waals surface area contributed by atoms with E-state index in [1.165, 1.54) is 18.6 Å². The SMILES string of the molecule is CC(C)C(C)NC(=O)CCN(Cc1ccco1)C(=O)c1cnccn1. The molecule has 7 nitrogen and oxygen atoms in total. The lowest BCUT2D eigenvalue weighted by Gasteiger charge is -2.22. The molecule has 0 saturated carbocycles. The van der Waals surface area contributed by atoms with Crippen molar-refractivity contribution in [1.29, 1.82) is 0 Å². The highest BCUT2D eigenvalue weighted by molar-refractivity contribution is 5.92. The largest absolute Gasteiger partial charge is 0.467 e. The topological polar surface area (TPSA) is 88.3 Å². The minimum Gasteiger partial charge on any atom is -0.467 e. The third kappa shape index (κ3) is 5.70. The fraction of sp³-hybridized carbons (Fsp3) is 0.444. The Bertz CT molecular complexity index is 671. The van der Waals surface area contributed by atoms with E-state index in [1.54, 1.807) is 23.3 Å². The van der Waals surface area contributed by atoms with Crippen LogP contribution in [0, 0.1) is 5.92 Å². The monoisotopic (exact) mass is 344 g/mol. The minimum absolute atomic E-state index is 0.0849. The lowest BCUT2D eigenvalue weighted by molar-refractivity contribution is -0.122. The van der Waals surface area contributed by atoms with E-state index in [2.05, 4.69) is 15.3 Å². The summed E-state index contributed by atoms with van der Waals surface area (Å²) >= 11 is 0. The van der Waals surface area contributed by atoms with E-state index in [0.717, 1.165) is 0 Å². The van der Waals surface area contributed by atoms with Crippen LogP contribution >= 0.6 is 0 Å². The molecule has 7 heteroatoms. The summed E-state index contributed by atoms with van der Waals surface area (Å²) in [6.07, 6.45) is 6.16. The predicted octanol–water partition coefficient (Wildman–Crippen LogP) is 2.26. The first kappa shape index (κ1) is 18.6. The van der Waals surface area contributed by atoms with Gasteiger partial charge in [-0.3, -0.25) is 14.6 Å². The Hall–Kier alpha value is -2.70. The Kier molecular flexibility index (Phi) is 6.68. The number of hydrogen-bond donors (Lipinski definition) is 1. The molecule has 0 saturated heterocycles. The highest BCUT2D eigenvalue weighted by Crippen LogP contribution is 2.10. The molecule has 0 aliphatic rings. The molecule has 0 aliphatic heterocycles. The zero-order chi connectivity index (χ0) is 18.2. The molecule has 1 unspecified atom stereocenters. The standard InChI is InChI=1S/C18H24N4O3/c1-13(2)14(3)21-17(23)6-9-22(12-15-5-4-10-25-15)18(24)16-11-19-7-8-20-16/h4-5,7-8,10-11,13-14H,6,9,12H2,1-3H3,(H,21,23). The summed E-state index contributed by atoms with van der Waals surface area (Å²) in [6.45, 7) is 6.60. The molecule has 2 heterocycles. The highest BCUT2D eigenvalue weighted by atomic mass is 16.3. The molecular weight excluding hydrogens is 320 g/mol. The van der Waals surface area contributed by atoms with Crippen molar-refractivity contribution in [3.63, 3.8) is 0 Å². The average molecular weight is 344 g/mol. The van der Waals surface area contributed by atoms with Gasteiger partial charge in [-0.1, -0.05) is 13.8 Å². The Morgan fingerprint density at radius 3 is 2.68 bits per heavy atom. The van der Waals surface area contributed by atoms with Crippen LogP contribution in [0.2, 0.25) is 0 Å². The first-order valence-corrected chi connectivity index (χ1v) is 8.34. The van der Waals surface area contributed by atoms with Gasteiger partial charge in [0, 0.05) is 31.4 Å². The van der Waals surface area contributed by atoms with E-state index >= 15 is 0 Å². The van der Waals surface area contributed by atoms with Crippen LogP contribution < -0.4 is 5.32 Å². The van der Waals surface area contributed by atoms with Crippen LogP contribution in [0.4, 0.5) is 0 Å². The van der Waals surface area contributed by atoms with E-state index in [4.69, 9.17) is 4.42 Å². The molecule has 1 N–H and O–H groups in total. The minimum atomic E-state index is -0.283. The van der Waals surface area contributed by atoms with Gasteiger partial charge in [0.25, 0.3) is 5.91 Å². The van der Waals surface area contributed by atoms with Crippen LogP contribution in [0.5, 0.6) is 0 Å². The van der Waals surface area contributed by atoms with Gasteiger partial charge in [-0.05, 0) is 25.0 Å². The van der Waals surface area contributed by atoms with E-state index in [0.29, 0.717) is 11.7 Å². The molecular formula is C18H24N4O3. The molecule has 134 valence electrons. The smallest absolute Gasteiger partial charge is 0.274 e. The van der Waals surface area contributed by atoms with Crippen molar-refractivity contribution in [2.45, 2.75) is 39.8 Å². The number of rotatable bonds is 8. The number of carbonyl (C=O) groups excluding carboxylic acids is 2. The fourth-order valence-corrected chi connectivity index (χ4v) is 2.14. The summed E-state index contributed by atoms with van der Waals surface area (Å²) in [6, 6.07) is 3.64. The molecule has 0 bridgehead atoms. The number of nitrogens with zero attached hydrogens (tertiary/aromatic N) is 3. The lowest BCUT2D eigenvalue weighted by Crippen LogP contribution is -2.39. The lowest BCUT2D eigenvalue weighted by atomic mass is 10.1. The van der Waals surface area contributed by atoms with Crippen LogP contribution in [0.15, 0.2) is 41.4 Å². The zero-order valence-corrected chi connectivity index (χ0v) is 14.8. The van der Waals surface area contributed by atoms with Crippen LogP contribution in [0.25, 0.3) is 0 Å². The maximum atomic E-state index is 12.7. The van der Waals surface area contributed by atoms with Gasteiger partial charge in [0.05, 0.1) is 19.0 Å². The van der Waals surface area contributed by atoms with Crippen LogP contribution in [0.3, 0.4) is 0 Å². The van der Waals surface area contributed by atoms with Crippen molar-refractivity contribution < 1.29 is 14.0 Å². The van der Waals surface area contributed by atoms with E-state index in [1.807, 2.05) is 20.8 Å². The van der Waals surface area contributed by atoms with Crippen molar-refractivity contribution >= 4 is 11.8 Å². The van der Waals surface area contributed by atoms with Crippen molar-refractivity contribution in [3.8, 4) is 0 Å². The summed E-state index contributed by atoms with van der Waals surface area (Å²) in [4.78, 5) is 34.3.